The van der Waals surface area contributed by atoms with E-state index in [1.54, 1.807) is 30.3 Å². The minimum absolute atomic E-state index is 0.000499. The zero-order chi connectivity index (χ0) is 14.5. The molecule has 3 nitrogen and oxygen atoms in total. The van der Waals surface area contributed by atoms with Gasteiger partial charge in [0.2, 0.25) is 0 Å². The number of benzene rings is 2. The van der Waals surface area contributed by atoms with Crippen LogP contribution in [0.5, 0.6) is 0 Å². The molecule has 0 radical (unpaired) electrons. The van der Waals surface area contributed by atoms with Crippen molar-refractivity contribution in [3.8, 4) is 11.8 Å². The summed E-state index contributed by atoms with van der Waals surface area (Å²) in [6, 6.07) is 13.4. The van der Waals surface area contributed by atoms with Crippen LogP contribution in [0.4, 0.5) is 0 Å². The van der Waals surface area contributed by atoms with Gasteiger partial charge in [0.1, 0.15) is 0 Å². The second-order valence-corrected chi connectivity index (χ2v) is 4.27. The van der Waals surface area contributed by atoms with Gasteiger partial charge in [-0.2, -0.15) is 0 Å². The Bertz CT molecular complexity index is 716. The SMILES string of the molecule is CC(=O)c1cccc(C#Cc2ccc(C(=O)O)cc2)c1. The number of ketones is 1. The molecule has 0 bridgehead atoms. The van der Waals surface area contributed by atoms with Gasteiger partial charge < -0.3 is 5.11 Å². The average molecular weight is 264 g/mol. The first-order valence-corrected chi connectivity index (χ1v) is 6.02. The van der Waals surface area contributed by atoms with E-state index in [4.69, 9.17) is 5.11 Å². The Kier molecular flexibility index (Phi) is 3.97. The lowest BCUT2D eigenvalue weighted by atomic mass is 10.1. The Labute approximate surface area is 116 Å². The molecule has 0 atom stereocenters. The minimum atomic E-state index is -0.960. The molecule has 20 heavy (non-hydrogen) atoms. The monoisotopic (exact) mass is 264 g/mol. The zero-order valence-corrected chi connectivity index (χ0v) is 10.9. The molecule has 0 saturated heterocycles. The summed E-state index contributed by atoms with van der Waals surface area (Å²) in [5.41, 5.74) is 2.33. The van der Waals surface area contributed by atoms with Crippen LogP contribution in [-0.2, 0) is 0 Å². The molecule has 2 aromatic rings. The summed E-state index contributed by atoms with van der Waals surface area (Å²) < 4.78 is 0. The number of rotatable bonds is 2. The normalized spacial score (nSPS) is 9.45. The first-order valence-electron chi connectivity index (χ1n) is 6.02. The van der Waals surface area contributed by atoms with Gasteiger partial charge >= 0.3 is 5.97 Å². The largest absolute Gasteiger partial charge is 0.478 e. The van der Waals surface area contributed by atoms with Crippen molar-refractivity contribution < 1.29 is 14.7 Å². The number of Topliss-reactive ketones (excluding diaryl/α,β-unsaturated/α-hetero) is 1. The fourth-order valence-corrected chi connectivity index (χ4v) is 1.66. The molecule has 1 N–H and O–H groups in total. The van der Waals surface area contributed by atoms with Crippen LogP contribution in [0.25, 0.3) is 0 Å². The fraction of sp³-hybridized carbons (Fsp3) is 0.0588. The number of hydrogen-bond acceptors (Lipinski definition) is 2. The van der Waals surface area contributed by atoms with Crippen LogP contribution in [0, 0.1) is 11.8 Å². The van der Waals surface area contributed by atoms with E-state index in [2.05, 4.69) is 11.8 Å². The third kappa shape index (κ3) is 3.33. The molecular weight excluding hydrogens is 252 g/mol. The third-order valence-corrected chi connectivity index (χ3v) is 2.75. The van der Waals surface area contributed by atoms with Crippen LogP contribution < -0.4 is 0 Å². The van der Waals surface area contributed by atoms with Gasteiger partial charge in [0.05, 0.1) is 5.56 Å². The summed E-state index contributed by atoms with van der Waals surface area (Å²) in [6.45, 7) is 1.51. The molecule has 2 rings (SSSR count). The lowest BCUT2D eigenvalue weighted by molar-refractivity contribution is 0.0696. The fourth-order valence-electron chi connectivity index (χ4n) is 1.66. The highest BCUT2D eigenvalue weighted by Crippen LogP contribution is 2.06. The molecule has 3 heteroatoms. The highest BCUT2D eigenvalue weighted by molar-refractivity contribution is 5.94. The van der Waals surface area contributed by atoms with Gasteiger partial charge in [0.25, 0.3) is 0 Å². The standard InChI is InChI=1S/C17H12O3/c1-12(18)16-4-2-3-14(11-16)6-5-13-7-9-15(10-8-13)17(19)20/h2-4,7-11H,1H3,(H,19,20). The number of hydrogen-bond donors (Lipinski definition) is 1. The predicted molar refractivity (Wildman–Crippen MR) is 75.8 cm³/mol. The molecule has 0 heterocycles. The lowest BCUT2D eigenvalue weighted by Gasteiger charge is -1.96. The van der Waals surface area contributed by atoms with Crippen molar-refractivity contribution >= 4 is 11.8 Å². The molecule has 98 valence electrons. The predicted octanol–water partition coefficient (Wildman–Crippen LogP) is 2.99. The summed E-state index contributed by atoms with van der Waals surface area (Å²) in [6.07, 6.45) is 0. The van der Waals surface area contributed by atoms with Crippen molar-refractivity contribution in [1.82, 2.24) is 0 Å². The van der Waals surface area contributed by atoms with Gasteiger partial charge in [0.15, 0.2) is 5.78 Å². The van der Waals surface area contributed by atoms with Crippen LogP contribution in [-0.4, -0.2) is 16.9 Å². The highest BCUT2D eigenvalue weighted by atomic mass is 16.4. The van der Waals surface area contributed by atoms with Crippen molar-refractivity contribution in [1.29, 1.82) is 0 Å². The average Bonchev–Trinajstić information content (AvgIpc) is 2.46. The number of carboxylic acid groups (broad SMARTS) is 1. The smallest absolute Gasteiger partial charge is 0.335 e. The van der Waals surface area contributed by atoms with Crippen LogP contribution in [0.3, 0.4) is 0 Å². The van der Waals surface area contributed by atoms with E-state index in [1.807, 2.05) is 6.07 Å². The van der Waals surface area contributed by atoms with E-state index in [-0.39, 0.29) is 11.3 Å². The van der Waals surface area contributed by atoms with Gasteiger partial charge in [-0.3, -0.25) is 4.79 Å². The lowest BCUT2D eigenvalue weighted by Crippen LogP contribution is -1.95. The maximum atomic E-state index is 11.3. The summed E-state index contributed by atoms with van der Waals surface area (Å²) in [4.78, 5) is 22.0. The van der Waals surface area contributed by atoms with Crippen LogP contribution >= 0.6 is 0 Å². The van der Waals surface area contributed by atoms with Crippen LogP contribution in [0.2, 0.25) is 0 Å². The molecule has 0 saturated carbocycles. The Balaban J connectivity index is 2.24. The first kappa shape index (κ1) is 13.6. The van der Waals surface area contributed by atoms with Gasteiger partial charge in [-0.25, -0.2) is 4.79 Å². The summed E-state index contributed by atoms with van der Waals surface area (Å²) in [5.74, 6) is 4.93. The van der Waals surface area contributed by atoms with E-state index < -0.39 is 5.97 Å². The quantitative estimate of drug-likeness (QED) is 0.670. The van der Waals surface area contributed by atoms with Crippen LogP contribution in [0.1, 0.15) is 38.8 Å². The number of carboxylic acids is 1. The molecule has 0 amide bonds. The number of aromatic carboxylic acids is 1. The third-order valence-electron chi connectivity index (χ3n) is 2.75. The van der Waals surface area contributed by atoms with Gasteiger partial charge in [-0.15, -0.1) is 0 Å². The number of carbonyl (C=O) groups is 2. The summed E-state index contributed by atoms with van der Waals surface area (Å²) in [7, 11) is 0. The second kappa shape index (κ2) is 5.85. The van der Waals surface area contributed by atoms with E-state index in [0.717, 1.165) is 11.1 Å². The van der Waals surface area contributed by atoms with Gasteiger partial charge in [-0.1, -0.05) is 24.0 Å². The van der Waals surface area contributed by atoms with Crippen molar-refractivity contribution in [3.63, 3.8) is 0 Å². The molecule has 0 aromatic heterocycles. The molecule has 2 aromatic carbocycles. The van der Waals surface area contributed by atoms with Gasteiger partial charge in [-0.05, 0) is 43.3 Å². The summed E-state index contributed by atoms with van der Waals surface area (Å²) in [5, 5.41) is 8.80. The van der Waals surface area contributed by atoms with Crippen molar-refractivity contribution in [2.75, 3.05) is 0 Å². The molecular formula is C17H12O3. The highest BCUT2D eigenvalue weighted by Gasteiger charge is 2.00. The Hall–Kier alpha value is -2.86. The van der Waals surface area contributed by atoms with E-state index in [1.165, 1.54) is 19.1 Å². The van der Waals surface area contributed by atoms with E-state index >= 15 is 0 Å². The summed E-state index contributed by atoms with van der Waals surface area (Å²) >= 11 is 0. The molecule has 0 spiro atoms. The Morgan fingerprint density at radius 3 is 2.15 bits per heavy atom. The topological polar surface area (TPSA) is 54.4 Å². The van der Waals surface area contributed by atoms with Gasteiger partial charge in [0, 0.05) is 16.7 Å². The molecule has 0 unspecified atom stereocenters. The molecule has 0 aliphatic heterocycles. The Morgan fingerprint density at radius 1 is 0.900 bits per heavy atom. The number of carbonyl (C=O) groups excluding carboxylic acids is 1. The molecule has 0 fully saturated rings. The van der Waals surface area contributed by atoms with Crippen molar-refractivity contribution in [3.05, 3.63) is 70.8 Å². The van der Waals surface area contributed by atoms with Crippen molar-refractivity contribution in [2.45, 2.75) is 6.92 Å². The first-order chi connectivity index (χ1) is 9.56. The van der Waals surface area contributed by atoms with Crippen molar-refractivity contribution in [2.24, 2.45) is 0 Å². The maximum absolute atomic E-state index is 11.3. The maximum Gasteiger partial charge on any atom is 0.335 e. The molecule has 0 aliphatic rings. The van der Waals surface area contributed by atoms with E-state index in [9.17, 15) is 9.59 Å². The van der Waals surface area contributed by atoms with Crippen LogP contribution in [0.15, 0.2) is 48.5 Å². The zero-order valence-electron chi connectivity index (χ0n) is 10.9. The second-order valence-electron chi connectivity index (χ2n) is 4.27. The van der Waals surface area contributed by atoms with E-state index in [0.29, 0.717) is 5.56 Å². The molecule has 0 aliphatic carbocycles. The minimum Gasteiger partial charge on any atom is -0.478 e. The Morgan fingerprint density at radius 2 is 1.55 bits per heavy atom.